The lowest BCUT2D eigenvalue weighted by atomic mass is 10.2. The van der Waals surface area contributed by atoms with Gasteiger partial charge in [-0.2, -0.15) is 0 Å². The van der Waals surface area contributed by atoms with E-state index in [-0.39, 0.29) is 6.04 Å². The highest BCUT2D eigenvalue weighted by Gasteiger charge is 2.12. The van der Waals surface area contributed by atoms with Gasteiger partial charge in [0.1, 0.15) is 0 Å². The third-order valence-electron chi connectivity index (χ3n) is 1.63. The summed E-state index contributed by atoms with van der Waals surface area (Å²) in [5.74, 6) is 0. The van der Waals surface area contributed by atoms with Gasteiger partial charge in [0.05, 0.1) is 0 Å². The fourth-order valence-electron chi connectivity index (χ4n) is 1.04. The summed E-state index contributed by atoms with van der Waals surface area (Å²) < 4.78 is 0. The van der Waals surface area contributed by atoms with Crippen molar-refractivity contribution in [2.45, 2.75) is 32.7 Å². The van der Waals surface area contributed by atoms with Crippen LogP contribution in [0.4, 0.5) is 4.79 Å². The molecule has 0 rings (SSSR count). The molecule has 0 spiro atoms. The Labute approximate surface area is 67.9 Å². The summed E-state index contributed by atoms with van der Waals surface area (Å²) in [6.45, 7) is 7.53. The zero-order valence-electron chi connectivity index (χ0n) is 7.21. The van der Waals surface area contributed by atoms with Crippen molar-refractivity contribution in [1.82, 2.24) is 4.90 Å². The first-order valence-electron chi connectivity index (χ1n) is 3.83. The lowest BCUT2D eigenvalue weighted by Gasteiger charge is -2.22. The van der Waals surface area contributed by atoms with Gasteiger partial charge in [-0.3, -0.25) is 4.90 Å². The van der Waals surface area contributed by atoms with E-state index in [2.05, 4.69) is 13.5 Å². The number of hydrogen-bond acceptors (Lipinski definition) is 1. The topological polar surface area (TPSA) is 46.3 Å². The van der Waals surface area contributed by atoms with Crippen LogP contribution < -0.4 is 5.73 Å². The number of primary amides is 1. The zero-order valence-corrected chi connectivity index (χ0v) is 7.21. The first kappa shape index (κ1) is 10.0. The molecule has 11 heavy (non-hydrogen) atoms. The summed E-state index contributed by atoms with van der Waals surface area (Å²) in [4.78, 5) is 12.2. The van der Waals surface area contributed by atoms with Gasteiger partial charge in [-0.15, -0.1) is 0 Å². The highest BCUT2D eigenvalue weighted by atomic mass is 16.2. The minimum atomic E-state index is -0.430. The van der Waals surface area contributed by atoms with E-state index in [1.807, 2.05) is 6.92 Å². The summed E-state index contributed by atoms with van der Waals surface area (Å²) in [6.07, 6.45) is 3.47. The maximum Gasteiger partial charge on any atom is 0.319 e. The molecule has 0 radical (unpaired) electrons. The second kappa shape index (κ2) is 4.77. The van der Waals surface area contributed by atoms with Crippen molar-refractivity contribution in [3.05, 3.63) is 12.8 Å². The Morgan fingerprint density at radius 2 is 2.36 bits per heavy atom. The third-order valence-corrected chi connectivity index (χ3v) is 1.63. The van der Waals surface area contributed by atoms with Crippen molar-refractivity contribution in [1.29, 1.82) is 0 Å². The molecule has 0 bridgehead atoms. The summed E-state index contributed by atoms with van der Waals surface area (Å²) in [5.41, 5.74) is 5.09. The van der Waals surface area contributed by atoms with Crippen molar-refractivity contribution in [3.8, 4) is 0 Å². The molecule has 0 fully saturated rings. The van der Waals surface area contributed by atoms with Gasteiger partial charge in [-0.05, 0) is 13.3 Å². The Kier molecular flexibility index (Phi) is 4.34. The molecule has 0 saturated carbocycles. The van der Waals surface area contributed by atoms with E-state index in [0.29, 0.717) is 0 Å². The van der Waals surface area contributed by atoms with Gasteiger partial charge in [-0.25, -0.2) is 4.79 Å². The molecule has 3 heteroatoms. The molecule has 1 unspecified atom stereocenters. The van der Waals surface area contributed by atoms with Crippen molar-refractivity contribution in [2.24, 2.45) is 5.73 Å². The molecule has 0 aromatic carbocycles. The van der Waals surface area contributed by atoms with Crippen molar-refractivity contribution < 1.29 is 4.79 Å². The summed E-state index contributed by atoms with van der Waals surface area (Å²) >= 11 is 0. The SMILES string of the molecule is C=CN(C(N)=O)C(C)CCC. The minimum Gasteiger partial charge on any atom is -0.351 e. The first-order chi connectivity index (χ1) is 5.13. The Morgan fingerprint density at radius 1 is 1.82 bits per heavy atom. The number of carbonyl (C=O) groups excluding carboxylic acids is 1. The standard InChI is InChI=1S/C8H16N2O/c1-4-6-7(3)10(5-2)8(9)11/h5,7H,2,4,6H2,1,3H3,(H2,9,11). The van der Waals surface area contributed by atoms with Gasteiger partial charge in [0.25, 0.3) is 0 Å². The lowest BCUT2D eigenvalue weighted by molar-refractivity contribution is 0.210. The van der Waals surface area contributed by atoms with Crippen LogP contribution >= 0.6 is 0 Å². The van der Waals surface area contributed by atoms with E-state index in [1.54, 1.807) is 0 Å². The number of hydrogen-bond donors (Lipinski definition) is 1. The number of nitrogens with two attached hydrogens (primary N) is 1. The van der Waals surface area contributed by atoms with E-state index in [0.717, 1.165) is 12.8 Å². The van der Waals surface area contributed by atoms with Gasteiger partial charge < -0.3 is 5.73 Å². The average molecular weight is 156 g/mol. The highest BCUT2D eigenvalue weighted by molar-refractivity contribution is 5.73. The van der Waals surface area contributed by atoms with Gasteiger partial charge >= 0.3 is 6.03 Å². The van der Waals surface area contributed by atoms with Gasteiger partial charge in [0, 0.05) is 12.2 Å². The van der Waals surface area contributed by atoms with Crippen LogP contribution in [0.5, 0.6) is 0 Å². The number of urea groups is 1. The summed E-state index contributed by atoms with van der Waals surface area (Å²) in [6, 6.07) is -0.268. The van der Waals surface area contributed by atoms with Crippen molar-refractivity contribution in [2.75, 3.05) is 0 Å². The van der Waals surface area contributed by atoms with Crippen LogP contribution in [-0.2, 0) is 0 Å². The number of rotatable bonds is 4. The monoisotopic (exact) mass is 156 g/mol. The van der Waals surface area contributed by atoms with Crippen LogP contribution in [0.15, 0.2) is 12.8 Å². The summed E-state index contributed by atoms with van der Waals surface area (Å²) in [5, 5.41) is 0. The number of carbonyl (C=O) groups is 1. The molecule has 0 aromatic heterocycles. The number of nitrogens with zero attached hydrogens (tertiary/aromatic N) is 1. The molecule has 0 heterocycles. The normalized spacial score (nSPS) is 12.2. The maximum absolute atomic E-state index is 10.7. The van der Waals surface area contributed by atoms with Crippen LogP contribution in [0, 0.1) is 0 Å². The van der Waals surface area contributed by atoms with Crippen LogP contribution in [0.2, 0.25) is 0 Å². The smallest absolute Gasteiger partial charge is 0.319 e. The molecule has 2 N–H and O–H groups in total. The van der Waals surface area contributed by atoms with Gasteiger partial charge in [-0.1, -0.05) is 19.9 Å². The molecule has 0 saturated heterocycles. The van der Waals surface area contributed by atoms with Crippen molar-refractivity contribution in [3.63, 3.8) is 0 Å². The number of amides is 2. The Morgan fingerprint density at radius 3 is 2.64 bits per heavy atom. The molecular formula is C8H16N2O. The maximum atomic E-state index is 10.7. The Bertz CT molecular complexity index is 145. The molecular weight excluding hydrogens is 140 g/mol. The van der Waals surface area contributed by atoms with E-state index in [4.69, 9.17) is 5.73 Å². The molecule has 2 amide bonds. The molecule has 1 atom stereocenters. The highest BCUT2D eigenvalue weighted by Crippen LogP contribution is 2.05. The van der Waals surface area contributed by atoms with E-state index in [1.165, 1.54) is 11.1 Å². The third kappa shape index (κ3) is 3.07. The Balaban J connectivity index is 4.02. The van der Waals surface area contributed by atoms with Crippen LogP contribution in [-0.4, -0.2) is 17.0 Å². The molecule has 0 aliphatic carbocycles. The van der Waals surface area contributed by atoms with E-state index < -0.39 is 6.03 Å². The molecule has 0 aromatic rings. The fourth-order valence-corrected chi connectivity index (χ4v) is 1.04. The quantitative estimate of drug-likeness (QED) is 0.661. The minimum absolute atomic E-state index is 0.162. The lowest BCUT2D eigenvalue weighted by Crippen LogP contribution is -2.37. The molecule has 64 valence electrons. The largest absolute Gasteiger partial charge is 0.351 e. The molecule has 3 nitrogen and oxygen atoms in total. The predicted molar refractivity (Wildman–Crippen MR) is 46.0 cm³/mol. The first-order valence-corrected chi connectivity index (χ1v) is 3.83. The second-order valence-electron chi connectivity index (χ2n) is 2.57. The zero-order chi connectivity index (χ0) is 8.85. The molecule has 0 aliphatic heterocycles. The van der Waals surface area contributed by atoms with Crippen LogP contribution in [0.25, 0.3) is 0 Å². The van der Waals surface area contributed by atoms with Crippen LogP contribution in [0.3, 0.4) is 0 Å². The predicted octanol–water partition coefficient (Wildman–Crippen LogP) is 1.70. The van der Waals surface area contributed by atoms with E-state index >= 15 is 0 Å². The van der Waals surface area contributed by atoms with Crippen molar-refractivity contribution >= 4 is 6.03 Å². The average Bonchev–Trinajstić information content (AvgIpc) is 1.88. The van der Waals surface area contributed by atoms with Gasteiger partial charge in [0.2, 0.25) is 0 Å². The summed E-state index contributed by atoms with van der Waals surface area (Å²) in [7, 11) is 0. The van der Waals surface area contributed by atoms with Gasteiger partial charge in [0.15, 0.2) is 0 Å². The fraction of sp³-hybridized carbons (Fsp3) is 0.625. The van der Waals surface area contributed by atoms with E-state index in [9.17, 15) is 4.79 Å². The second-order valence-corrected chi connectivity index (χ2v) is 2.57. The van der Waals surface area contributed by atoms with Crippen LogP contribution in [0.1, 0.15) is 26.7 Å². The Hall–Kier alpha value is -0.990. The molecule has 0 aliphatic rings.